The fourth-order valence-electron chi connectivity index (χ4n) is 1.40. The fraction of sp³-hybridized carbons (Fsp3) is 0.500. The highest BCUT2D eigenvalue weighted by molar-refractivity contribution is 6.30. The van der Waals surface area contributed by atoms with Gasteiger partial charge in [-0.05, 0) is 45.4 Å². The molecule has 1 aromatic carbocycles. The molecule has 0 aromatic heterocycles. The quantitative estimate of drug-likeness (QED) is 0.910. The molecule has 1 amide bonds. The fourth-order valence-corrected chi connectivity index (χ4v) is 1.53. The molecule has 100 valence electrons. The maximum absolute atomic E-state index is 11.7. The molecule has 0 aliphatic rings. The maximum Gasteiger partial charge on any atom is 0.246 e. The molecule has 0 radical (unpaired) electrons. The van der Waals surface area contributed by atoms with E-state index in [-0.39, 0.29) is 24.2 Å². The number of amides is 1. The molecule has 1 rings (SSSR count). The molecular weight excluding hydrogens is 250 g/mol. The van der Waals surface area contributed by atoms with Crippen LogP contribution >= 0.6 is 11.6 Å². The summed E-state index contributed by atoms with van der Waals surface area (Å²) in [4.78, 5) is 11.7. The molecule has 4 heteroatoms. The third kappa shape index (κ3) is 5.52. The average molecular weight is 270 g/mol. The first kappa shape index (κ1) is 15.0. The first-order valence-corrected chi connectivity index (χ1v) is 6.34. The van der Waals surface area contributed by atoms with Gasteiger partial charge in [0.2, 0.25) is 5.91 Å². The Hall–Kier alpha value is -1.06. The summed E-state index contributed by atoms with van der Waals surface area (Å²) in [6, 6.07) is 7.37. The number of ether oxygens (including phenoxy) is 1. The Balaban J connectivity index is 2.47. The molecule has 0 saturated heterocycles. The van der Waals surface area contributed by atoms with E-state index in [0.717, 1.165) is 5.56 Å². The van der Waals surface area contributed by atoms with Crippen LogP contribution in [0.5, 0.6) is 0 Å². The zero-order valence-electron chi connectivity index (χ0n) is 11.3. The highest BCUT2D eigenvalue weighted by Gasteiger charge is 2.14. The third-order valence-electron chi connectivity index (χ3n) is 2.38. The molecule has 0 spiro atoms. The van der Waals surface area contributed by atoms with Crippen LogP contribution in [0.15, 0.2) is 24.3 Å². The first-order valence-electron chi connectivity index (χ1n) is 5.97. The number of benzene rings is 1. The van der Waals surface area contributed by atoms with Crippen LogP contribution in [0.4, 0.5) is 0 Å². The van der Waals surface area contributed by atoms with Gasteiger partial charge in [0.15, 0.2) is 0 Å². The van der Waals surface area contributed by atoms with Gasteiger partial charge in [0.25, 0.3) is 0 Å². The van der Waals surface area contributed by atoms with E-state index in [1.165, 1.54) is 0 Å². The van der Waals surface area contributed by atoms with E-state index < -0.39 is 0 Å². The minimum atomic E-state index is -0.305. The number of carbonyl (C=O) groups is 1. The Morgan fingerprint density at radius 1 is 1.33 bits per heavy atom. The van der Waals surface area contributed by atoms with Crippen LogP contribution in [0, 0.1) is 0 Å². The van der Waals surface area contributed by atoms with Crippen LogP contribution in [0.1, 0.15) is 39.3 Å². The average Bonchev–Trinajstić information content (AvgIpc) is 2.26. The van der Waals surface area contributed by atoms with Crippen LogP contribution in [0.2, 0.25) is 5.02 Å². The summed E-state index contributed by atoms with van der Waals surface area (Å²) in [5.74, 6) is -0.118. The zero-order chi connectivity index (χ0) is 13.8. The summed E-state index contributed by atoms with van der Waals surface area (Å²) in [6.07, 6.45) is 0. The number of carbonyl (C=O) groups excluding carboxylic acids is 1. The smallest absolute Gasteiger partial charge is 0.246 e. The number of hydrogen-bond donors (Lipinski definition) is 1. The van der Waals surface area contributed by atoms with E-state index in [1.54, 1.807) is 0 Å². The molecule has 0 heterocycles. The Morgan fingerprint density at radius 3 is 2.39 bits per heavy atom. The van der Waals surface area contributed by atoms with E-state index in [4.69, 9.17) is 16.3 Å². The van der Waals surface area contributed by atoms with Gasteiger partial charge in [-0.25, -0.2) is 0 Å². The molecule has 0 fully saturated rings. The number of hydrogen-bond acceptors (Lipinski definition) is 2. The van der Waals surface area contributed by atoms with Crippen molar-refractivity contribution in [3.8, 4) is 0 Å². The molecule has 0 saturated carbocycles. The lowest BCUT2D eigenvalue weighted by Gasteiger charge is -2.20. The van der Waals surface area contributed by atoms with Crippen LogP contribution in [0.25, 0.3) is 0 Å². The first-order chi connectivity index (χ1) is 8.28. The van der Waals surface area contributed by atoms with Crippen LogP contribution in [-0.2, 0) is 9.53 Å². The molecule has 1 N–H and O–H groups in total. The molecule has 1 atom stereocenters. The molecule has 0 bridgehead atoms. The summed E-state index contributed by atoms with van der Waals surface area (Å²) in [7, 11) is 0. The summed E-state index contributed by atoms with van der Waals surface area (Å²) < 4.78 is 5.41. The molecule has 0 unspecified atom stereocenters. The lowest BCUT2D eigenvalue weighted by molar-refractivity contribution is -0.131. The molecule has 0 aliphatic heterocycles. The Kier molecular flexibility index (Phi) is 5.17. The molecule has 0 aliphatic carbocycles. The van der Waals surface area contributed by atoms with Gasteiger partial charge in [0.05, 0.1) is 11.6 Å². The largest absolute Gasteiger partial charge is 0.366 e. The second-order valence-electron chi connectivity index (χ2n) is 5.24. The molecule has 18 heavy (non-hydrogen) atoms. The predicted molar refractivity (Wildman–Crippen MR) is 73.7 cm³/mol. The van der Waals surface area contributed by atoms with Crippen LogP contribution in [0.3, 0.4) is 0 Å². The van der Waals surface area contributed by atoms with Crippen molar-refractivity contribution in [2.24, 2.45) is 0 Å². The summed E-state index contributed by atoms with van der Waals surface area (Å²) in [5, 5.41) is 3.57. The van der Waals surface area contributed by atoms with E-state index in [2.05, 4.69) is 5.32 Å². The highest BCUT2D eigenvalue weighted by Crippen LogP contribution is 2.16. The van der Waals surface area contributed by atoms with Crippen LogP contribution in [-0.4, -0.2) is 18.1 Å². The minimum Gasteiger partial charge on any atom is -0.366 e. The number of rotatable bonds is 4. The standard InChI is InChI=1S/C14H20ClNO2/c1-10(11-5-7-12(15)8-6-11)16-13(17)9-18-14(2,3)4/h5-8,10H,9H2,1-4H3,(H,16,17)/t10-/m1/s1. The van der Waals surface area contributed by atoms with Gasteiger partial charge in [0.1, 0.15) is 6.61 Å². The molecule has 3 nitrogen and oxygen atoms in total. The van der Waals surface area contributed by atoms with Crippen molar-refractivity contribution in [3.63, 3.8) is 0 Å². The van der Waals surface area contributed by atoms with Crippen molar-refractivity contribution in [2.45, 2.75) is 39.3 Å². The molecular formula is C14H20ClNO2. The van der Waals surface area contributed by atoms with Gasteiger partial charge in [-0.3, -0.25) is 4.79 Å². The lowest BCUT2D eigenvalue weighted by atomic mass is 10.1. The Morgan fingerprint density at radius 2 is 1.89 bits per heavy atom. The Labute approximate surface area is 113 Å². The van der Waals surface area contributed by atoms with Gasteiger partial charge in [-0.1, -0.05) is 23.7 Å². The van der Waals surface area contributed by atoms with Gasteiger partial charge < -0.3 is 10.1 Å². The summed E-state index contributed by atoms with van der Waals surface area (Å²) in [5.41, 5.74) is 0.712. The van der Waals surface area contributed by atoms with E-state index in [0.29, 0.717) is 5.02 Å². The van der Waals surface area contributed by atoms with Crippen molar-refractivity contribution in [2.75, 3.05) is 6.61 Å². The van der Waals surface area contributed by atoms with Gasteiger partial charge in [0, 0.05) is 5.02 Å². The number of halogens is 1. The summed E-state index contributed by atoms with van der Waals surface area (Å²) >= 11 is 5.81. The van der Waals surface area contributed by atoms with E-state index in [1.807, 2.05) is 52.0 Å². The highest BCUT2D eigenvalue weighted by atomic mass is 35.5. The van der Waals surface area contributed by atoms with Gasteiger partial charge in [-0.15, -0.1) is 0 Å². The van der Waals surface area contributed by atoms with Crippen molar-refractivity contribution in [1.82, 2.24) is 5.32 Å². The monoisotopic (exact) mass is 269 g/mol. The van der Waals surface area contributed by atoms with Crippen molar-refractivity contribution < 1.29 is 9.53 Å². The number of nitrogens with one attached hydrogen (secondary N) is 1. The van der Waals surface area contributed by atoms with Crippen molar-refractivity contribution >= 4 is 17.5 Å². The maximum atomic E-state index is 11.7. The second kappa shape index (κ2) is 6.21. The molecule has 1 aromatic rings. The minimum absolute atomic E-state index is 0.0571. The van der Waals surface area contributed by atoms with Gasteiger partial charge in [-0.2, -0.15) is 0 Å². The second-order valence-corrected chi connectivity index (χ2v) is 5.68. The topological polar surface area (TPSA) is 38.3 Å². The van der Waals surface area contributed by atoms with Crippen molar-refractivity contribution in [1.29, 1.82) is 0 Å². The Bertz CT molecular complexity index is 395. The third-order valence-corrected chi connectivity index (χ3v) is 2.64. The van der Waals surface area contributed by atoms with Crippen LogP contribution < -0.4 is 5.32 Å². The van der Waals surface area contributed by atoms with Gasteiger partial charge >= 0.3 is 0 Å². The SMILES string of the molecule is C[C@@H](NC(=O)COC(C)(C)C)c1ccc(Cl)cc1. The zero-order valence-corrected chi connectivity index (χ0v) is 12.0. The van der Waals surface area contributed by atoms with E-state index in [9.17, 15) is 4.79 Å². The lowest BCUT2D eigenvalue weighted by Crippen LogP contribution is -2.33. The predicted octanol–water partition coefficient (Wildman–Crippen LogP) is 3.33. The summed E-state index contributed by atoms with van der Waals surface area (Å²) in [6.45, 7) is 7.76. The van der Waals surface area contributed by atoms with E-state index >= 15 is 0 Å². The van der Waals surface area contributed by atoms with Crippen molar-refractivity contribution in [3.05, 3.63) is 34.9 Å². The normalized spacial score (nSPS) is 13.2.